The van der Waals surface area contributed by atoms with Gasteiger partial charge >= 0.3 is 0 Å². The third-order valence-corrected chi connectivity index (χ3v) is 6.20. The van der Waals surface area contributed by atoms with Gasteiger partial charge in [0, 0.05) is 22.9 Å². The lowest BCUT2D eigenvalue weighted by atomic mass is 9.93. The van der Waals surface area contributed by atoms with E-state index in [0.717, 1.165) is 28.8 Å². The van der Waals surface area contributed by atoms with Crippen LogP contribution in [0.25, 0.3) is 0 Å². The summed E-state index contributed by atoms with van der Waals surface area (Å²) in [6.07, 6.45) is 6.86. The van der Waals surface area contributed by atoms with Crippen LogP contribution in [0.4, 0.5) is 0 Å². The minimum absolute atomic E-state index is 0.254. The van der Waals surface area contributed by atoms with Crippen molar-refractivity contribution >= 4 is 21.6 Å². The maximum absolute atomic E-state index is 6.53. The van der Waals surface area contributed by atoms with Crippen LogP contribution in [0.1, 0.15) is 69.5 Å². The largest absolute Gasteiger partial charge is 0.466 e. The van der Waals surface area contributed by atoms with Crippen LogP contribution < -0.4 is 4.74 Å². The number of unbranched alkanes of at least 4 members (excludes halogenated alkanes) is 3. The number of hydrogen-bond acceptors (Lipinski definition) is 3. The van der Waals surface area contributed by atoms with E-state index in [9.17, 15) is 0 Å². The minimum Gasteiger partial charge on any atom is -0.466 e. The van der Waals surface area contributed by atoms with Gasteiger partial charge in [-0.15, -0.1) is 0 Å². The number of ether oxygens (including phenoxy) is 1. The minimum atomic E-state index is -0.385. The fraction of sp³-hybridized carbons (Fsp3) is 0.435. The highest BCUT2D eigenvalue weighted by atomic mass is 79.9. The van der Waals surface area contributed by atoms with E-state index in [-0.39, 0.29) is 11.8 Å². The second-order valence-electron chi connectivity index (χ2n) is 7.74. The summed E-state index contributed by atoms with van der Waals surface area (Å²) in [4.78, 5) is 0. The molecule has 3 nitrogen and oxygen atoms in total. The van der Waals surface area contributed by atoms with Gasteiger partial charge in [-0.2, -0.15) is 5.10 Å². The first-order chi connectivity index (χ1) is 13.1. The summed E-state index contributed by atoms with van der Waals surface area (Å²) in [5.74, 6) is 1.02. The first-order valence-electron chi connectivity index (χ1n) is 10.0. The number of nitrogens with zero attached hydrogens (tertiary/aromatic N) is 2. The average Bonchev–Trinajstić information content (AvgIpc) is 3.13. The molecule has 0 amide bonds. The fourth-order valence-corrected chi connectivity index (χ4v) is 4.45. The molecule has 0 spiro atoms. The first-order valence-corrected chi connectivity index (χ1v) is 10.8. The van der Waals surface area contributed by atoms with Gasteiger partial charge in [0.25, 0.3) is 0 Å². The molecule has 0 fully saturated rings. The highest BCUT2D eigenvalue weighted by Crippen LogP contribution is 2.48. The van der Waals surface area contributed by atoms with E-state index >= 15 is 0 Å². The van der Waals surface area contributed by atoms with E-state index in [4.69, 9.17) is 9.84 Å². The van der Waals surface area contributed by atoms with Crippen molar-refractivity contribution in [1.82, 2.24) is 5.01 Å². The fourth-order valence-electron chi connectivity index (χ4n) is 4.18. The number of fused-ring (bicyclic) bond motifs is 3. The van der Waals surface area contributed by atoms with Gasteiger partial charge < -0.3 is 4.74 Å². The van der Waals surface area contributed by atoms with Crippen molar-refractivity contribution in [3.8, 4) is 5.75 Å². The smallest absolute Gasteiger partial charge is 0.195 e. The molecule has 4 rings (SSSR count). The molecule has 0 saturated heterocycles. The van der Waals surface area contributed by atoms with Gasteiger partial charge in [0.15, 0.2) is 5.72 Å². The van der Waals surface area contributed by atoms with Crippen LogP contribution in [0.15, 0.2) is 58.1 Å². The number of hydrazone groups is 1. The first kappa shape index (κ1) is 18.5. The van der Waals surface area contributed by atoms with Gasteiger partial charge in [-0.25, -0.2) is 5.01 Å². The molecule has 0 bridgehead atoms. The van der Waals surface area contributed by atoms with Crippen LogP contribution in [0.5, 0.6) is 5.75 Å². The monoisotopic (exact) mass is 426 g/mol. The molecule has 2 heterocycles. The molecular weight excluding hydrogens is 400 g/mol. The average molecular weight is 427 g/mol. The Bertz CT molecular complexity index is 833. The van der Waals surface area contributed by atoms with E-state index in [1.165, 1.54) is 36.8 Å². The standard InChI is InChI=1S/C23H27BrN2O/c1-3-4-5-8-15-23(2)26-21(19-9-6-7-10-22(19)27-23)16-20(25-26)17-11-13-18(24)14-12-17/h6-7,9-14,21H,3-5,8,15-16H2,1-2H3/t21-,23-/m0/s1. The molecule has 0 radical (unpaired) electrons. The van der Waals surface area contributed by atoms with Crippen LogP contribution in [0.3, 0.4) is 0 Å². The van der Waals surface area contributed by atoms with Gasteiger partial charge in [-0.05, 0) is 37.1 Å². The third-order valence-electron chi connectivity index (χ3n) is 5.67. The van der Waals surface area contributed by atoms with Crippen LogP contribution in [0, 0.1) is 0 Å². The Morgan fingerprint density at radius 1 is 1.11 bits per heavy atom. The van der Waals surface area contributed by atoms with Crippen molar-refractivity contribution in [2.24, 2.45) is 5.10 Å². The Kier molecular flexibility index (Phi) is 5.27. The molecule has 2 aliphatic rings. The molecule has 142 valence electrons. The highest BCUT2D eigenvalue weighted by molar-refractivity contribution is 9.10. The van der Waals surface area contributed by atoms with Crippen molar-refractivity contribution < 1.29 is 4.74 Å². The molecule has 0 aliphatic carbocycles. The van der Waals surface area contributed by atoms with Crippen LogP contribution >= 0.6 is 15.9 Å². The van der Waals surface area contributed by atoms with Crippen molar-refractivity contribution in [2.45, 2.75) is 64.1 Å². The molecule has 2 atom stereocenters. The third kappa shape index (κ3) is 3.64. The molecule has 2 aromatic rings. The summed E-state index contributed by atoms with van der Waals surface area (Å²) in [5.41, 5.74) is 3.20. The Hall–Kier alpha value is -1.81. The maximum atomic E-state index is 6.53. The zero-order valence-corrected chi connectivity index (χ0v) is 17.7. The second-order valence-corrected chi connectivity index (χ2v) is 8.66. The van der Waals surface area contributed by atoms with Gasteiger partial charge in [0.2, 0.25) is 0 Å². The number of rotatable bonds is 6. The van der Waals surface area contributed by atoms with Crippen LogP contribution in [-0.4, -0.2) is 16.4 Å². The zero-order valence-electron chi connectivity index (χ0n) is 16.1. The summed E-state index contributed by atoms with van der Waals surface area (Å²) in [6.45, 7) is 4.45. The van der Waals surface area contributed by atoms with Crippen LogP contribution in [0.2, 0.25) is 0 Å². The van der Waals surface area contributed by atoms with Gasteiger partial charge in [-0.1, -0.05) is 72.4 Å². The highest BCUT2D eigenvalue weighted by Gasteiger charge is 2.47. The Morgan fingerprint density at radius 3 is 2.67 bits per heavy atom. The number of halogens is 1. The summed E-state index contributed by atoms with van der Waals surface area (Å²) in [6, 6.07) is 17.2. The molecule has 2 aromatic carbocycles. The molecule has 27 heavy (non-hydrogen) atoms. The van der Waals surface area contributed by atoms with Gasteiger partial charge in [0.05, 0.1) is 11.8 Å². The maximum Gasteiger partial charge on any atom is 0.195 e. The van der Waals surface area contributed by atoms with E-state index in [1.54, 1.807) is 0 Å². The molecule has 2 aliphatic heterocycles. The summed E-state index contributed by atoms with van der Waals surface area (Å²) in [7, 11) is 0. The lowest BCUT2D eigenvalue weighted by Crippen LogP contribution is -2.51. The Balaban J connectivity index is 1.65. The van der Waals surface area contributed by atoms with Crippen molar-refractivity contribution in [2.75, 3.05) is 0 Å². The molecule has 0 unspecified atom stereocenters. The summed E-state index contributed by atoms with van der Waals surface area (Å²) in [5, 5.41) is 7.31. The van der Waals surface area contributed by atoms with Gasteiger partial charge in [-0.3, -0.25) is 0 Å². The second kappa shape index (κ2) is 7.67. The van der Waals surface area contributed by atoms with E-state index in [1.807, 2.05) is 0 Å². The molecule has 0 N–H and O–H groups in total. The topological polar surface area (TPSA) is 24.8 Å². The van der Waals surface area contributed by atoms with Crippen molar-refractivity contribution in [3.05, 3.63) is 64.1 Å². The molecule has 0 aromatic heterocycles. The zero-order chi connectivity index (χ0) is 18.9. The number of hydrogen-bond donors (Lipinski definition) is 0. The number of benzene rings is 2. The summed E-state index contributed by atoms with van der Waals surface area (Å²) < 4.78 is 7.62. The quantitative estimate of drug-likeness (QED) is 0.481. The lowest BCUT2D eigenvalue weighted by Gasteiger charge is -2.46. The van der Waals surface area contributed by atoms with Crippen molar-refractivity contribution in [1.29, 1.82) is 0 Å². The normalized spacial score (nSPS) is 23.4. The van der Waals surface area contributed by atoms with E-state index < -0.39 is 0 Å². The van der Waals surface area contributed by atoms with Crippen molar-refractivity contribution in [3.63, 3.8) is 0 Å². The predicted molar refractivity (Wildman–Crippen MR) is 114 cm³/mol. The van der Waals surface area contributed by atoms with E-state index in [0.29, 0.717) is 0 Å². The Labute approximate surface area is 170 Å². The Morgan fingerprint density at radius 2 is 1.89 bits per heavy atom. The number of para-hydroxylation sites is 1. The lowest BCUT2D eigenvalue weighted by molar-refractivity contribution is -0.112. The predicted octanol–water partition coefficient (Wildman–Crippen LogP) is 6.68. The molecule has 4 heteroatoms. The molecular formula is C23H27BrN2O. The van der Waals surface area contributed by atoms with E-state index in [2.05, 4.69) is 83.3 Å². The summed E-state index contributed by atoms with van der Waals surface area (Å²) >= 11 is 3.53. The van der Waals surface area contributed by atoms with Crippen LogP contribution in [-0.2, 0) is 0 Å². The van der Waals surface area contributed by atoms with Gasteiger partial charge in [0.1, 0.15) is 5.75 Å². The SMILES string of the molecule is CCCCCC[C@]1(C)Oc2ccccc2[C@@H]2CC(c3ccc(Br)cc3)=NN21. The molecule has 0 saturated carbocycles.